The van der Waals surface area contributed by atoms with Crippen molar-refractivity contribution in [3.8, 4) is 5.75 Å². The van der Waals surface area contributed by atoms with Crippen LogP contribution in [0.25, 0.3) is 10.8 Å². The number of anilines is 2. The van der Waals surface area contributed by atoms with Crippen molar-refractivity contribution in [1.29, 1.82) is 0 Å². The average molecular weight is 324 g/mol. The first-order chi connectivity index (χ1) is 11.2. The van der Waals surface area contributed by atoms with E-state index in [9.17, 15) is 9.90 Å². The number of hydrogen-bond donors (Lipinski definition) is 3. The molecular weight excluding hydrogens is 308 g/mol. The van der Waals surface area contributed by atoms with Crippen molar-refractivity contribution in [2.45, 2.75) is 4.90 Å². The molecule has 0 fully saturated rings. The van der Waals surface area contributed by atoms with Crippen LogP contribution in [0.2, 0.25) is 0 Å². The number of rotatable bonds is 3. The molecule has 2 amide bonds. The summed E-state index contributed by atoms with van der Waals surface area (Å²) in [7, 11) is 0. The van der Waals surface area contributed by atoms with Gasteiger partial charge in [-0.2, -0.15) is 0 Å². The molecule has 0 atom stereocenters. The summed E-state index contributed by atoms with van der Waals surface area (Å²) >= 11 is 1.65. The molecule has 0 bridgehead atoms. The molecule has 23 heavy (non-hydrogen) atoms. The van der Waals surface area contributed by atoms with Crippen LogP contribution in [-0.4, -0.2) is 17.4 Å². The summed E-state index contributed by atoms with van der Waals surface area (Å²) < 4.78 is 0. The molecule has 0 spiro atoms. The maximum atomic E-state index is 12.2. The number of carbonyl (C=O) groups is 1. The summed E-state index contributed by atoms with van der Waals surface area (Å²) in [6, 6.07) is 18.0. The highest BCUT2D eigenvalue weighted by atomic mass is 32.2. The van der Waals surface area contributed by atoms with Gasteiger partial charge < -0.3 is 15.7 Å². The molecule has 0 aliphatic rings. The number of hydrogen-bond acceptors (Lipinski definition) is 3. The molecule has 116 valence electrons. The SMILES string of the molecule is CSc1ccc(NC(=O)Nc2cccc3c(O)cccc23)cc1. The summed E-state index contributed by atoms with van der Waals surface area (Å²) in [6.45, 7) is 0. The highest BCUT2D eigenvalue weighted by Gasteiger charge is 2.07. The summed E-state index contributed by atoms with van der Waals surface area (Å²) in [5, 5.41) is 17.0. The largest absolute Gasteiger partial charge is 0.507 e. The average Bonchev–Trinajstić information content (AvgIpc) is 2.56. The van der Waals surface area contributed by atoms with Gasteiger partial charge in [0.15, 0.2) is 0 Å². The predicted molar refractivity (Wildman–Crippen MR) is 96.5 cm³/mol. The molecule has 5 heteroatoms. The number of aromatic hydroxyl groups is 1. The second-order valence-electron chi connectivity index (χ2n) is 4.99. The van der Waals surface area contributed by atoms with E-state index in [1.54, 1.807) is 36.0 Å². The van der Waals surface area contributed by atoms with Crippen LogP contribution in [0, 0.1) is 0 Å². The Bertz CT molecular complexity index is 847. The van der Waals surface area contributed by atoms with Gasteiger partial charge in [-0.05, 0) is 42.7 Å². The lowest BCUT2D eigenvalue weighted by Crippen LogP contribution is -2.19. The zero-order chi connectivity index (χ0) is 16.2. The second kappa shape index (κ2) is 6.62. The van der Waals surface area contributed by atoms with E-state index in [4.69, 9.17) is 0 Å². The number of thioether (sulfide) groups is 1. The Morgan fingerprint density at radius 2 is 1.61 bits per heavy atom. The van der Waals surface area contributed by atoms with Gasteiger partial charge in [0.2, 0.25) is 0 Å². The van der Waals surface area contributed by atoms with Crippen molar-refractivity contribution in [3.63, 3.8) is 0 Å². The third-order valence-electron chi connectivity index (χ3n) is 3.50. The van der Waals surface area contributed by atoms with Gasteiger partial charge in [0, 0.05) is 21.4 Å². The molecule has 0 heterocycles. The van der Waals surface area contributed by atoms with Gasteiger partial charge in [-0.1, -0.05) is 24.3 Å². The summed E-state index contributed by atoms with van der Waals surface area (Å²) in [5.41, 5.74) is 1.38. The van der Waals surface area contributed by atoms with Crippen molar-refractivity contribution in [3.05, 3.63) is 60.7 Å². The smallest absolute Gasteiger partial charge is 0.323 e. The van der Waals surface area contributed by atoms with Gasteiger partial charge in [-0.15, -0.1) is 11.8 Å². The van der Waals surface area contributed by atoms with Crippen LogP contribution in [0.1, 0.15) is 0 Å². The van der Waals surface area contributed by atoms with E-state index >= 15 is 0 Å². The van der Waals surface area contributed by atoms with E-state index < -0.39 is 0 Å². The number of urea groups is 1. The predicted octanol–water partition coefficient (Wildman–Crippen LogP) is 4.91. The molecule has 3 aromatic rings. The lowest BCUT2D eigenvalue weighted by molar-refractivity contribution is 0.262. The van der Waals surface area contributed by atoms with Crippen LogP contribution in [0.15, 0.2) is 65.6 Å². The second-order valence-corrected chi connectivity index (χ2v) is 5.87. The first-order valence-electron chi connectivity index (χ1n) is 7.10. The molecule has 0 saturated carbocycles. The molecule has 3 N–H and O–H groups in total. The molecule has 3 aromatic carbocycles. The van der Waals surface area contributed by atoms with Gasteiger partial charge in [0.05, 0.1) is 5.69 Å². The Morgan fingerprint density at radius 1 is 0.913 bits per heavy atom. The summed E-state index contributed by atoms with van der Waals surface area (Å²) in [6.07, 6.45) is 2.01. The topological polar surface area (TPSA) is 61.4 Å². The standard InChI is InChI=1S/C18H16N2O2S/c1-23-13-10-8-12(9-11-13)19-18(22)20-16-6-2-5-15-14(16)4-3-7-17(15)21/h2-11,21H,1H3,(H2,19,20,22). The Kier molecular flexibility index (Phi) is 4.39. The molecule has 0 aliphatic heterocycles. The molecule has 0 radical (unpaired) electrons. The third-order valence-corrected chi connectivity index (χ3v) is 4.24. The van der Waals surface area contributed by atoms with Crippen LogP contribution in [0.5, 0.6) is 5.75 Å². The first kappa shape index (κ1) is 15.2. The Morgan fingerprint density at radius 3 is 2.35 bits per heavy atom. The summed E-state index contributed by atoms with van der Waals surface area (Å²) in [4.78, 5) is 13.3. The highest BCUT2D eigenvalue weighted by molar-refractivity contribution is 7.98. The molecule has 3 rings (SSSR count). The Hall–Kier alpha value is -2.66. The van der Waals surface area contributed by atoms with Crippen molar-refractivity contribution in [2.24, 2.45) is 0 Å². The fourth-order valence-corrected chi connectivity index (χ4v) is 2.77. The number of benzene rings is 3. The van der Waals surface area contributed by atoms with Crippen molar-refractivity contribution >= 4 is 39.9 Å². The van der Waals surface area contributed by atoms with Crippen molar-refractivity contribution in [2.75, 3.05) is 16.9 Å². The molecule has 0 aliphatic carbocycles. The van der Waals surface area contributed by atoms with E-state index in [1.807, 2.05) is 42.7 Å². The van der Waals surface area contributed by atoms with Gasteiger partial charge in [0.1, 0.15) is 5.75 Å². The van der Waals surface area contributed by atoms with Crippen LogP contribution in [0.3, 0.4) is 0 Å². The fraction of sp³-hybridized carbons (Fsp3) is 0.0556. The van der Waals surface area contributed by atoms with Gasteiger partial charge in [0.25, 0.3) is 0 Å². The zero-order valence-electron chi connectivity index (χ0n) is 12.5. The Labute approximate surface area is 138 Å². The first-order valence-corrected chi connectivity index (χ1v) is 8.32. The third kappa shape index (κ3) is 3.40. The number of amides is 2. The van der Waals surface area contributed by atoms with Crippen molar-refractivity contribution in [1.82, 2.24) is 0 Å². The minimum absolute atomic E-state index is 0.194. The highest BCUT2D eigenvalue weighted by Crippen LogP contribution is 2.29. The Balaban J connectivity index is 1.78. The number of fused-ring (bicyclic) bond motifs is 1. The number of phenolic OH excluding ortho intramolecular Hbond substituents is 1. The van der Waals surface area contributed by atoms with E-state index in [0.29, 0.717) is 11.1 Å². The maximum Gasteiger partial charge on any atom is 0.323 e. The van der Waals surface area contributed by atoms with E-state index in [0.717, 1.165) is 16.0 Å². The number of carbonyl (C=O) groups excluding carboxylic acids is 1. The van der Waals surface area contributed by atoms with Crippen molar-refractivity contribution < 1.29 is 9.90 Å². The van der Waals surface area contributed by atoms with Gasteiger partial charge in [-0.3, -0.25) is 0 Å². The minimum Gasteiger partial charge on any atom is -0.507 e. The zero-order valence-corrected chi connectivity index (χ0v) is 13.4. The molecule has 0 saturated heterocycles. The number of nitrogens with one attached hydrogen (secondary N) is 2. The van der Waals surface area contributed by atoms with Gasteiger partial charge in [-0.25, -0.2) is 4.79 Å². The van der Waals surface area contributed by atoms with Crippen LogP contribution in [-0.2, 0) is 0 Å². The lowest BCUT2D eigenvalue weighted by Gasteiger charge is -2.11. The maximum absolute atomic E-state index is 12.2. The van der Waals surface area contributed by atoms with E-state index in [-0.39, 0.29) is 11.8 Å². The number of phenols is 1. The quantitative estimate of drug-likeness (QED) is 0.600. The lowest BCUT2D eigenvalue weighted by atomic mass is 10.1. The molecule has 0 aromatic heterocycles. The fourth-order valence-electron chi connectivity index (χ4n) is 2.36. The van der Waals surface area contributed by atoms with E-state index in [2.05, 4.69) is 10.6 Å². The molecule has 4 nitrogen and oxygen atoms in total. The molecule has 0 unspecified atom stereocenters. The van der Waals surface area contributed by atoms with Crippen LogP contribution < -0.4 is 10.6 Å². The van der Waals surface area contributed by atoms with Crippen LogP contribution in [0.4, 0.5) is 16.2 Å². The normalized spacial score (nSPS) is 10.5. The molecular formula is C18H16N2O2S. The van der Waals surface area contributed by atoms with Gasteiger partial charge >= 0.3 is 6.03 Å². The monoisotopic (exact) mass is 324 g/mol. The van der Waals surface area contributed by atoms with Crippen LogP contribution >= 0.6 is 11.8 Å². The van der Waals surface area contributed by atoms with E-state index in [1.165, 1.54) is 0 Å². The summed E-state index contributed by atoms with van der Waals surface area (Å²) in [5.74, 6) is 0.194. The minimum atomic E-state index is -0.322.